The zero-order chi connectivity index (χ0) is 6.85. The molecule has 0 aromatic heterocycles. The molecular formula is C6H10N2O. The molecule has 0 aromatic carbocycles. The molecule has 0 spiro atoms. The van der Waals surface area contributed by atoms with E-state index in [2.05, 4.69) is 0 Å². The van der Waals surface area contributed by atoms with Crippen molar-refractivity contribution in [1.82, 2.24) is 4.90 Å². The molecule has 3 nitrogen and oxygen atoms in total. The molecule has 3 heteroatoms. The van der Waals surface area contributed by atoms with E-state index in [0.29, 0.717) is 0 Å². The Morgan fingerprint density at radius 3 is 2.89 bits per heavy atom. The summed E-state index contributed by atoms with van der Waals surface area (Å²) in [5.41, 5.74) is 5.51. The normalized spacial score (nSPS) is 26.2. The number of aliphatic hydroxyl groups is 1. The van der Waals surface area contributed by atoms with Gasteiger partial charge in [0.2, 0.25) is 0 Å². The fourth-order valence-electron chi connectivity index (χ4n) is 0.655. The van der Waals surface area contributed by atoms with Crippen LogP contribution in [0.2, 0.25) is 0 Å². The molecule has 1 aliphatic rings. The fourth-order valence-corrected chi connectivity index (χ4v) is 0.655. The fraction of sp³-hybridized carbons (Fsp3) is 0.333. The lowest BCUT2D eigenvalue weighted by molar-refractivity contribution is 0.204. The molecule has 3 N–H and O–H groups in total. The molecule has 0 radical (unpaired) electrons. The van der Waals surface area contributed by atoms with Crippen LogP contribution in [-0.2, 0) is 0 Å². The van der Waals surface area contributed by atoms with Gasteiger partial charge in [0.25, 0.3) is 0 Å². The molecule has 50 valence electrons. The molecule has 9 heavy (non-hydrogen) atoms. The van der Waals surface area contributed by atoms with Crippen LogP contribution in [-0.4, -0.2) is 23.2 Å². The first kappa shape index (κ1) is 6.16. The predicted octanol–water partition coefficient (Wildman–Crippen LogP) is 0.172. The molecule has 1 unspecified atom stereocenters. The SMILES string of the molecule is CN1C(O)=CC=CC1N. The van der Waals surface area contributed by atoms with Gasteiger partial charge < -0.3 is 15.7 Å². The van der Waals surface area contributed by atoms with Crippen LogP contribution in [0, 0.1) is 0 Å². The molecular weight excluding hydrogens is 116 g/mol. The van der Waals surface area contributed by atoms with Crippen LogP contribution in [0.25, 0.3) is 0 Å². The molecule has 0 saturated carbocycles. The number of nitrogens with zero attached hydrogens (tertiary/aromatic N) is 1. The van der Waals surface area contributed by atoms with E-state index >= 15 is 0 Å². The number of rotatable bonds is 0. The highest BCUT2D eigenvalue weighted by atomic mass is 16.3. The summed E-state index contributed by atoms with van der Waals surface area (Å²) < 4.78 is 0. The molecule has 0 bridgehead atoms. The van der Waals surface area contributed by atoms with Crippen molar-refractivity contribution in [3.63, 3.8) is 0 Å². The lowest BCUT2D eigenvalue weighted by atomic mass is 10.3. The van der Waals surface area contributed by atoms with Gasteiger partial charge >= 0.3 is 0 Å². The van der Waals surface area contributed by atoms with Gasteiger partial charge in [-0.1, -0.05) is 6.08 Å². The van der Waals surface area contributed by atoms with E-state index in [1.54, 1.807) is 30.2 Å². The van der Waals surface area contributed by atoms with E-state index in [4.69, 9.17) is 10.8 Å². The average Bonchev–Trinajstić information content (AvgIpc) is 1.83. The summed E-state index contributed by atoms with van der Waals surface area (Å²) in [4.78, 5) is 1.58. The van der Waals surface area contributed by atoms with Crippen LogP contribution < -0.4 is 5.73 Å². The Bertz CT molecular complexity index is 162. The molecule has 0 amide bonds. The maximum atomic E-state index is 9.00. The highest BCUT2D eigenvalue weighted by molar-refractivity contribution is 5.14. The second-order valence-electron chi connectivity index (χ2n) is 2.01. The van der Waals surface area contributed by atoms with Gasteiger partial charge in [-0.15, -0.1) is 0 Å². The summed E-state index contributed by atoms with van der Waals surface area (Å²) in [7, 11) is 1.74. The summed E-state index contributed by atoms with van der Waals surface area (Å²) in [6, 6.07) is 0. The van der Waals surface area contributed by atoms with Crippen molar-refractivity contribution < 1.29 is 5.11 Å². The number of likely N-dealkylation sites (N-methyl/N-ethyl adjacent to an activating group) is 1. The molecule has 0 aromatic rings. The smallest absolute Gasteiger partial charge is 0.187 e. The Morgan fingerprint density at radius 2 is 2.44 bits per heavy atom. The Hall–Kier alpha value is -0.960. The first-order chi connectivity index (χ1) is 4.22. The summed E-state index contributed by atoms with van der Waals surface area (Å²) in [5, 5.41) is 9.00. The minimum absolute atomic E-state index is 0.185. The molecule has 1 heterocycles. The first-order valence-electron chi connectivity index (χ1n) is 2.77. The highest BCUT2D eigenvalue weighted by Crippen LogP contribution is 2.05. The monoisotopic (exact) mass is 126 g/mol. The molecule has 0 fully saturated rings. The number of aliphatic hydroxyl groups excluding tert-OH is 1. The molecule has 1 atom stereocenters. The predicted molar refractivity (Wildman–Crippen MR) is 35.6 cm³/mol. The van der Waals surface area contributed by atoms with E-state index in [0.717, 1.165) is 0 Å². The van der Waals surface area contributed by atoms with Crippen molar-refractivity contribution >= 4 is 0 Å². The number of allylic oxidation sites excluding steroid dienone is 2. The van der Waals surface area contributed by atoms with Crippen molar-refractivity contribution in [1.29, 1.82) is 0 Å². The first-order valence-corrected chi connectivity index (χ1v) is 2.77. The zero-order valence-corrected chi connectivity index (χ0v) is 5.28. The molecule has 0 aliphatic carbocycles. The summed E-state index contributed by atoms with van der Waals surface area (Å²) in [6.45, 7) is 0. The average molecular weight is 126 g/mol. The van der Waals surface area contributed by atoms with E-state index in [9.17, 15) is 0 Å². The summed E-state index contributed by atoms with van der Waals surface area (Å²) in [6.07, 6.45) is 4.96. The van der Waals surface area contributed by atoms with E-state index in [-0.39, 0.29) is 12.0 Å². The van der Waals surface area contributed by atoms with Crippen LogP contribution in [0.1, 0.15) is 0 Å². The van der Waals surface area contributed by atoms with Crippen LogP contribution in [0.4, 0.5) is 0 Å². The third-order valence-corrected chi connectivity index (χ3v) is 1.36. The van der Waals surface area contributed by atoms with Gasteiger partial charge in [-0.25, -0.2) is 0 Å². The van der Waals surface area contributed by atoms with E-state index < -0.39 is 0 Å². The Labute approximate surface area is 54.1 Å². The summed E-state index contributed by atoms with van der Waals surface area (Å²) in [5.74, 6) is 0.213. The standard InChI is InChI=1S/C6H10N2O/c1-8-5(7)3-2-4-6(8)9/h2-5,9H,7H2,1H3. The lowest BCUT2D eigenvalue weighted by Crippen LogP contribution is -2.38. The Morgan fingerprint density at radius 1 is 1.78 bits per heavy atom. The Kier molecular flexibility index (Phi) is 1.44. The maximum absolute atomic E-state index is 9.00. The minimum atomic E-state index is -0.185. The van der Waals surface area contributed by atoms with Gasteiger partial charge in [-0.2, -0.15) is 0 Å². The molecule has 1 rings (SSSR count). The van der Waals surface area contributed by atoms with Crippen molar-refractivity contribution in [3.05, 3.63) is 24.1 Å². The highest BCUT2D eigenvalue weighted by Gasteiger charge is 2.10. The van der Waals surface area contributed by atoms with E-state index in [1.807, 2.05) is 0 Å². The van der Waals surface area contributed by atoms with Gasteiger partial charge in [0.05, 0.1) is 6.17 Å². The van der Waals surface area contributed by atoms with Gasteiger partial charge in [0.15, 0.2) is 5.88 Å². The number of hydrogen-bond donors (Lipinski definition) is 2. The minimum Gasteiger partial charge on any atom is -0.495 e. The van der Waals surface area contributed by atoms with Gasteiger partial charge in [-0.05, 0) is 12.2 Å². The van der Waals surface area contributed by atoms with Crippen LogP contribution >= 0.6 is 0 Å². The number of hydrogen-bond acceptors (Lipinski definition) is 3. The van der Waals surface area contributed by atoms with E-state index in [1.165, 1.54) is 0 Å². The lowest BCUT2D eigenvalue weighted by Gasteiger charge is -2.24. The zero-order valence-electron chi connectivity index (χ0n) is 5.28. The van der Waals surface area contributed by atoms with Crippen molar-refractivity contribution in [2.45, 2.75) is 6.17 Å². The third kappa shape index (κ3) is 1.05. The maximum Gasteiger partial charge on any atom is 0.187 e. The topological polar surface area (TPSA) is 49.5 Å². The second-order valence-corrected chi connectivity index (χ2v) is 2.01. The van der Waals surface area contributed by atoms with Crippen molar-refractivity contribution in [2.75, 3.05) is 7.05 Å². The van der Waals surface area contributed by atoms with Gasteiger partial charge in [0, 0.05) is 7.05 Å². The molecule has 0 saturated heterocycles. The van der Waals surface area contributed by atoms with Gasteiger partial charge in [0.1, 0.15) is 0 Å². The largest absolute Gasteiger partial charge is 0.495 e. The van der Waals surface area contributed by atoms with Gasteiger partial charge in [-0.3, -0.25) is 0 Å². The van der Waals surface area contributed by atoms with Crippen LogP contribution in [0.15, 0.2) is 24.1 Å². The van der Waals surface area contributed by atoms with Crippen LogP contribution in [0.3, 0.4) is 0 Å². The van der Waals surface area contributed by atoms with Crippen molar-refractivity contribution in [3.8, 4) is 0 Å². The second kappa shape index (κ2) is 2.11. The quantitative estimate of drug-likeness (QED) is 0.486. The van der Waals surface area contributed by atoms with Crippen molar-refractivity contribution in [2.24, 2.45) is 5.73 Å². The summed E-state index contributed by atoms with van der Waals surface area (Å²) >= 11 is 0. The van der Waals surface area contributed by atoms with Crippen LogP contribution in [0.5, 0.6) is 0 Å². The Balaban J connectivity index is 2.73. The third-order valence-electron chi connectivity index (χ3n) is 1.36. The molecule has 1 aliphatic heterocycles. The number of nitrogens with two attached hydrogens (primary N) is 1.